The standard InChI is InChI=1S/C17H28N2O/c1-14-6-4-9-19(15(14)2)10-5-11-20-17-8-3-7-16(12-17)13-18/h3,7-8,12,14-15H,4-6,9-11,13,18H2,1-2H3. The van der Waals surface area contributed by atoms with Crippen molar-refractivity contribution in [1.82, 2.24) is 4.90 Å². The van der Waals surface area contributed by atoms with Gasteiger partial charge in [-0.05, 0) is 56.3 Å². The number of ether oxygens (including phenoxy) is 1. The first-order valence-corrected chi connectivity index (χ1v) is 7.86. The number of likely N-dealkylation sites (tertiary alicyclic amines) is 1. The first-order valence-electron chi connectivity index (χ1n) is 7.86. The molecular weight excluding hydrogens is 248 g/mol. The molecule has 2 N–H and O–H groups in total. The molecule has 1 aromatic carbocycles. The van der Waals surface area contributed by atoms with E-state index in [0.717, 1.165) is 36.8 Å². The van der Waals surface area contributed by atoms with Crippen molar-refractivity contribution in [2.45, 2.75) is 45.7 Å². The summed E-state index contributed by atoms with van der Waals surface area (Å²) < 4.78 is 5.82. The van der Waals surface area contributed by atoms with Crippen LogP contribution in [0.3, 0.4) is 0 Å². The molecule has 2 atom stereocenters. The smallest absolute Gasteiger partial charge is 0.119 e. The van der Waals surface area contributed by atoms with Crippen LogP contribution in [0.1, 0.15) is 38.7 Å². The lowest BCUT2D eigenvalue weighted by Gasteiger charge is -2.37. The molecule has 3 heteroatoms. The summed E-state index contributed by atoms with van der Waals surface area (Å²) in [6.07, 6.45) is 3.80. The van der Waals surface area contributed by atoms with E-state index in [0.29, 0.717) is 12.6 Å². The quantitative estimate of drug-likeness (QED) is 0.812. The molecule has 1 aromatic rings. The number of nitrogens with zero attached hydrogens (tertiary/aromatic N) is 1. The Morgan fingerprint density at radius 3 is 3.00 bits per heavy atom. The van der Waals surface area contributed by atoms with Crippen LogP contribution < -0.4 is 10.5 Å². The second-order valence-corrected chi connectivity index (χ2v) is 5.95. The zero-order chi connectivity index (χ0) is 14.4. The number of rotatable bonds is 6. The Labute approximate surface area is 123 Å². The molecule has 0 saturated carbocycles. The van der Waals surface area contributed by atoms with Crippen LogP contribution in [0.2, 0.25) is 0 Å². The summed E-state index contributed by atoms with van der Waals surface area (Å²) in [6, 6.07) is 8.79. The van der Waals surface area contributed by atoms with E-state index in [2.05, 4.69) is 18.7 Å². The SMILES string of the molecule is CC1CCCN(CCCOc2cccc(CN)c2)C1C. The minimum absolute atomic E-state index is 0.570. The summed E-state index contributed by atoms with van der Waals surface area (Å²) in [5, 5.41) is 0. The Bertz CT molecular complexity index is 408. The van der Waals surface area contributed by atoms with Gasteiger partial charge in [-0.3, -0.25) is 0 Å². The third-order valence-corrected chi connectivity index (χ3v) is 4.50. The predicted octanol–water partition coefficient (Wildman–Crippen LogP) is 3.03. The summed E-state index contributed by atoms with van der Waals surface area (Å²) >= 11 is 0. The van der Waals surface area contributed by atoms with Gasteiger partial charge in [-0.1, -0.05) is 19.1 Å². The number of piperidine rings is 1. The molecule has 1 saturated heterocycles. The summed E-state index contributed by atoms with van der Waals surface area (Å²) in [6.45, 7) is 8.46. The zero-order valence-electron chi connectivity index (χ0n) is 12.8. The molecule has 0 bridgehead atoms. The van der Waals surface area contributed by atoms with Crippen molar-refractivity contribution in [2.75, 3.05) is 19.7 Å². The average Bonchev–Trinajstić information content (AvgIpc) is 2.48. The van der Waals surface area contributed by atoms with E-state index in [1.807, 2.05) is 24.3 Å². The Morgan fingerprint density at radius 1 is 1.35 bits per heavy atom. The highest BCUT2D eigenvalue weighted by Crippen LogP contribution is 2.22. The number of nitrogens with two attached hydrogens (primary N) is 1. The Balaban J connectivity index is 1.70. The minimum atomic E-state index is 0.570. The van der Waals surface area contributed by atoms with Crippen LogP contribution in [0.5, 0.6) is 5.75 Å². The molecule has 0 aliphatic carbocycles. The number of benzene rings is 1. The highest BCUT2D eigenvalue weighted by molar-refractivity contribution is 5.28. The lowest BCUT2D eigenvalue weighted by molar-refractivity contribution is 0.106. The molecule has 112 valence electrons. The van der Waals surface area contributed by atoms with Gasteiger partial charge >= 0.3 is 0 Å². The van der Waals surface area contributed by atoms with Crippen LogP contribution >= 0.6 is 0 Å². The average molecular weight is 276 g/mol. The molecule has 0 radical (unpaired) electrons. The van der Waals surface area contributed by atoms with Gasteiger partial charge < -0.3 is 15.4 Å². The van der Waals surface area contributed by atoms with Gasteiger partial charge in [-0.2, -0.15) is 0 Å². The van der Waals surface area contributed by atoms with E-state index in [1.165, 1.54) is 19.4 Å². The second-order valence-electron chi connectivity index (χ2n) is 5.95. The molecule has 0 spiro atoms. The first kappa shape index (κ1) is 15.3. The maximum absolute atomic E-state index is 5.82. The Morgan fingerprint density at radius 2 is 2.20 bits per heavy atom. The van der Waals surface area contributed by atoms with Crippen molar-refractivity contribution < 1.29 is 4.74 Å². The molecule has 2 rings (SSSR count). The number of hydrogen-bond acceptors (Lipinski definition) is 3. The lowest BCUT2D eigenvalue weighted by atomic mass is 9.92. The molecule has 1 aliphatic heterocycles. The van der Waals surface area contributed by atoms with E-state index in [4.69, 9.17) is 10.5 Å². The highest BCUT2D eigenvalue weighted by atomic mass is 16.5. The fourth-order valence-corrected chi connectivity index (χ4v) is 2.96. The van der Waals surface area contributed by atoms with Gasteiger partial charge in [0.15, 0.2) is 0 Å². The van der Waals surface area contributed by atoms with Crippen LogP contribution in [-0.2, 0) is 6.54 Å². The molecule has 3 nitrogen and oxygen atoms in total. The van der Waals surface area contributed by atoms with Crippen molar-refractivity contribution in [3.8, 4) is 5.75 Å². The van der Waals surface area contributed by atoms with Gasteiger partial charge in [0.25, 0.3) is 0 Å². The van der Waals surface area contributed by atoms with Crippen LogP contribution in [0, 0.1) is 5.92 Å². The first-order chi connectivity index (χ1) is 9.70. The van der Waals surface area contributed by atoms with E-state index < -0.39 is 0 Å². The molecule has 2 unspecified atom stereocenters. The van der Waals surface area contributed by atoms with Gasteiger partial charge in [0, 0.05) is 19.1 Å². The van der Waals surface area contributed by atoms with Crippen molar-refractivity contribution in [3.05, 3.63) is 29.8 Å². The van der Waals surface area contributed by atoms with E-state index in [-0.39, 0.29) is 0 Å². The van der Waals surface area contributed by atoms with Gasteiger partial charge in [0.05, 0.1) is 6.61 Å². The summed E-state index contributed by atoms with van der Waals surface area (Å²) in [5.41, 5.74) is 6.76. The topological polar surface area (TPSA) is 38.5 Å². The minimum Gasteiger partial charge on any atom is -0.494 e. The normalized spacial score (nSPS) is 23.8. The fraction of sp³-hybridized carbons (Fsp3) is 0.647. The summed E-state index contributed by atoms with van der Waals surface area (Å²) in [7, 11) is 0. The molecule has 20 heavy (non-hydrogen) atoms. The van der Waals surface area contributed by atoms with Crippen LogP contribution in [0.25, 0.3) is 0 Å². The van der Waals surface area contributed by atoms with Crippen LogP contribution in [-0.4, -0.2) is 30.6 Å². The monoisotopic (exact) mass is 276 g/mol. The molecule has 1 heterocycles. The zero-order valence-corrected chi connectivity index (χ0v) is 12.8. The largest absolute Gasteiger partial charge is 0.494 e. The third-order valence-electron chi connectivity index (χ3n) is 4.50. The Kier molecular flexibility index (Phi) is 5.86. The summed E-state index contributed by atoms with van der Waals surface area (Å²) in [4.78, 5) is 2.60. The molecule has 1 fully saturated rings. The van der Waals surface area contributed by atoms with E-state index in [9.17, 15) is 0 Å². The van der Waals surface area contributed by atoms with E-state index >= 15 is 0 Å². The van der Waals surface area contributed by atoms with Gasteiger partial charge in [0.1, 0.15) is 5.75 Å². The fourth-order valence-electron chi connectivity index (χ4n) is 2.96. The number of hydrogen-bond donors (Lipinski definition) is 1. The lowest BCUT2D eigenvalue weighted by Crippen LogP contribution is -2.43. The predicted molar refractivity (Wildman–Crippen MR) is 83.9 cm³/mol. The highest BCUT2D eigenvalue weighted by Gasteiger charge is 2.23. The van der Waals surface area contributed by atoms with Gasteiger partial charge in [-0.25, -0.2) is 0 Å². The molecular formula is C17H28N2O. The van der Waals surface area contributed by atoms with Crippen LogP contribution in [0.4, 0.5) is 0 Å². The Hall–Kier alpha value is -1.06. The second kappa shape index (κ2) is 7.65. The van der Waals surface area contributed by atoms with Crippen LogP contribution in [0.15, 0.2) is 24.3 Å². The van der Waals surface area contributed by atoms with Crippen molar-refractivity contribution in [2.24, 2.45) is 11.7 Å². The van der Waals surface area contributed by atoms with Crippen molar-refractivity contribution >= 4 is 0 Å². The maximum atomic E-state index is 5.82. The van der Waals surface area contributed by atoms with E-state index in [1.54, 1.807) is 0 Å². The van der Waals surface area contributed by atoms with Crippen molar-refractivity contribution in [1.29, 1.82) is 0 Å². The van der Waals surface area contributed by atoms with Crippen molar-refractivity contribution in [3.63, 3.8) is 0 Å². The molecule has 1 aliphatic rings. The van der Waals surface area contributed by atoms with Gasteiger partial charge in [0.2, 0.25) is 0 Å². The molecule has 0 aromatic heterocycles. The summed E-state index contributed by atoms with van der Waals surface area (Å²) in [5.74, 6) is 1.76. The molecule has 0 amide bonds. The maximum Gasteiger partial charge on any atom is 0.119 e. The third kappa shape index (κ3) is 4.22. The van der Waals surface area contributed by atoms with Gasteiger partial charge in [-0.15, -0.1) is 0 Å².